The number of anilines is 1. The summed E-state index contributed by atoms with van der Waals surface area (Å²) >= 11 is 7.28. The van der Waals surface area contributed by atoms with Crippen LogP contribution in [0.2, 0.25) is 5.15 Å². The minimum atomic E-state index is 0.340. The van der Waals surface area contributed by atoms with E-state index < -0.39 is 0 Å². The van der Waals surface area contributed by atoms with Gasteiger partial charge in [-0.25, -0.2) is 4.98 Å². The van der Waals surface area contributed by atoms with Crippen molar-refractivity contribution in [1.29, 1.82) is 0 Å². The second-order valence-electron chi connectivity index (χ2n) is 4.16. The molecule has 0 bridgehead atoms. The molecule has 1 saturated carbocycles. The molecule has 1 fully saturated rings. The normalized spacial score (nSPS) is 15.1. The van der Waals surface area contributed by atoms with Crippen molar-refractivity contribution >= 4 is 34.4 Å². The summed E-state index contributed by atoms with van der Waals surface area (Å²) in [6.45, 7) is 4.18. The van der Waals surface area contributed by atoms with Crippen molar-refractivity contribution in [1.82, 2.24) is 4.98 Å². The zero-order valence-corrected chi connectivity index (χ0v) is 10.9. The van der Waals surface area contributed by atoms with E-state index in [-0.39, 0.29) is 0 Å². The lowest BCUT2D eigenvalue weighted by atomic mass is 10.3. The Morgan fingerprint density at radius 1 is 1.62 bits per heavy atom. The van der Waals surface area contributed by atoms with E-state index in [0.29, 0.717) is 10.0 Å². The van der Waals surface area contributed by atoms with Gasteiger partial charge in [-0.2, -0.15) is 0 Å². The van der Waals surface area contributed by atoms with Gasteiger partial charge in [-0.15, -0.1) is 0 Å². The molecular formula is C11H15ClN2OS. The number of carbonyl (C=O) groups is 1. The van der Waals surface area contributed by atoms with E-state index >= 15 is 0 Å². The summed E-state index contributed by atoms with van der Waals surface area (Å²) in [5.41, 5.74) is 0. The highest BCUT2D eigenvalue weighted by molar-refractivity contribution is 7.17. The minimum Gasteiger partial charge on any atom is -0.348 e. The smallest absolute Gasteiger partial charge is 0.187 e. The lowest BCUT2D eigenvalue weighted by Gasteiger charge is -2.20. The second-order valence-corrected chi connectivity index (χ2v) is 5.53. The summed E-state index contributed by atoms with van der Waals surface area (Å²) in [5.74, 6) is 0.814. The number of nitrogens with zero attached hydrogens (tertiary/aromatic N) is 2. The molecule has 0 aliphatic heterocycles. The molecule has 1 aliphatic rings. The Morgan fingerprint density at radius 3 is 2.88 bits per heavy atom. The molecule has 0 radical (unpaired) electrons. The van der Waals surface area contributed by atoms with E-state index in [4.69, 9.17) is 11.6 Å². The largest absolute Gasteiger partial charge is 0.348 e. The predicted octanol–water partition coefficient (Wildman–Crippen LogP) is 3.24. The average Bonchev–Trinajstić information content (AvgIpc) is 3.00. The van der Waals surface area contributed by atoms with Crippen LogP contribution >= 0.6 is 22.9 Å². The zero-order valence-electron chi connectivity index (χ0n) is 9.28. The number of hydrogen-bond acceptors (Lipinski definition) is 4. The molecule has 1 aromatic heterocycles. The van der Waals surface area contributed by atoms with E-state index in [1.807, 2.05) is 0 Å². The third kappa shape index (κ3) is 2.74. The fourth-order valence-electron chi connectivity index (χ4n) is 1.66. The number of carbonyl (C=O) groups excluding carboxylic acids is 1. The number of aldehydes is 1. The van der Waals surface area contributed by atoms with Crippen molar-refractivity contribution in [3.8, 4) is 0 Å². The van der Waals surface area contributed by atoms with Crippen LogP contribution in [-0.4, -0.2) is 24.4 Å². The van der Waals surface area contributed by atoms with Gasteiger partial charge in [0.1, 0.15) is 4.88 Å². The van der Waals surface area contributed by atoms with Gasteiger partial charge in [0.05, 0.1) is 0 Å². The third-order valence-electron chi connectivity index (χ3n) is 2.64. The first-order chi connectivity index (χ1) is 7.74. The van der Waals surface area contributed by atoms with Crippen molar-refractivity contribution in [2.75, 3.05) is 18.0 Å². The Labute approximate surface area is 104 Å². The minimum absolute atomic E-state index is 0.340. The molecule has 88 valence electrons. The molecule has 1 aliphatic carbocycles. The maximum absolute atomic E-state index is 10.7. The number of hydrogen-bond donors (Lipinski definition) is 0. The van der Waals surface area contributed by atoms with Gasteiger partial charge in [-0.3, -0.25) is 4.79 Å². The monoisotopic (exact) mass is 258 g/mol. The Bertz CT molecular complexity index is 376. The molecule has 2 rings (SSSR count). The molecule has 0 N–H and O–H groups in total. The molecule has 0 spiro atoms. The fourth-order valence-corrected chi connectivity index (χ4v) is 2.75. The number of halogens is 1. The molecule has 1 aromatic rings. The molecule has 0 atom stereocenters. The van der Waals surface area contributed by atoms with E-state index in [0.717, 1.165) is 36.8 Å². The molecular weight excluding hydrogens is 244 g/mol. The number of rotatable bonds is 6. The SMILES string of the molecule is CCCN(CC1CC1)c1nc(Cl)c(C=O)s1. The van der Waals surface area contributed by atoms with Crippen molar-refractivity contribution in [3.05, 3.63) is 10.0 Å². The van der Waals surface area contributed by atoms with Gasteiger partial charge < -0.3 is 4.90 Å². The summed E-state index contributed by atoms with van der Waals surface area (Å²) in [6.07, 6.45) is 4.50. The maximum Gasteiger partial charge on any atom is 0.187 e. The lowest BCUT2D eigenvalue weighted by Crippen LogP contribution is -2.26. The summed E-state index contributed by atoms with van der Waals surface area (Å²) in [4.78, 5) is 17.8. The fraction of sp³-hybridized carbons (Fsp3) is 0.636. The van der Waals surface area contributed by atoms with Crippen molar-refractivity contribution in [2.45, 2.75) is 26.2 Å². The second kappa shape index (κ2) is 5.15. The average molecular weight is 259 g/mol. The first-order valence-electron chi connectivity index (χ1n) is 5.61. The quantitative estimate of drug-likeness (QED) is 0.735. The first-order valence-corrected chi connectivity index (χ1v) is 6.80. The van der Waals surface area contributed by atoms with Crippen molar-refractivity contribution in [2.24, 2.45) is 5.92 Å². The standard InChI is InChI=1S/C11H15ClN2OS/c1-2-5-14(6-8-3-4-8)11-13-10(12)9(7-15)16-11/h7-8H,2-6H2,1H3. The van der Waals surface area contributed by atoms with Gasteiger partial charge in [0.25, 0.3) is 0 Å². The molecule has 0 amide bonds. The van der Waals surface area contributed by atoms with Gasteiger partial charge in [-0.1, -0.05) is 29.9 Å². The zero-order chi connectivity index (χ0) is 11.5. The van der Waals surface area contributed by atoms with Crippen LogP contribution in [0.3, 0.4) is 0 Å². The highest BCUT2D eigenvalue weighted by Gasteiger charge is 2.25. The lowest BCUT2D eigenvalue weighted by molar-refractivity contribution is 0.112. The van der Waals surface area contributed by atoms with Gasteiger partial charge in [-0.05, 0) is 25.2 Å². The van der Waals surface area contributed by atoms with Crippen LogP contribution in [0.5, 0.6) is 0 Å². The number of thiazole rings is 1. The predicted molar refractivity (Wildman–Crippen MR) is 67.7 cm³/mol. The summed E-state index contributed by atoms with van der Waals surface area (Å²) in [7, 11) is 0. The topological polar surface area (TPSA) is 33.2 Å². The number of aromatic nitrogens is 1. The van der Waals surface area contributed by atoms with Gasteiger partial charge in [0.2, 0.25) is 0 Å². The van der Waals surface area contributed by atoms with E-state index in [2.05, 4.69) is 16.8 Å². The Morgan fingerprint density at radius 2 is 2.38 bits per heavy atom. The third-order valence-corrected chi connectivity index (χ3v) is 4.09. The molecule has 0 unspecified atom stereocenters. The first kappa shape index (κ1) is 11.9. The van der Waals surface area contributed by atoms with Crippen LogP contribution in [0.25, 0.3) is 0 Å². The summed E-state index contributed by atoms with van der Waals surface area (Å²) < 4.78 is 0. The van der Waals surface area contributed by atoms with E-state index in [9.17, 15) is 4.79 Å². The van der Waals surface area contributed by atoms with Gasteiger partial charge >= 0.3 is 0 Å². The van der Waals surface area contributed by atoms with Crippen LogP contribution in [-0.2, 0) is 0 Å². The van der Waals surface area contributed by atoms with Crippen LogP contribution in [0.1, 0.15) is 35.9 Å². The van der Waals surface area contributed by atoms with Crippen LogP contribution in [0.15, 0.2) is 0 Å². The molecule has 16 heavy (non-hydrogen) atoms. The molecule has 5 heteroatoms. The molecule has 0 aromatic carbocycles. The molecule has 3 nitrogen and oxygen atoms in total. The van der Waals surface area contributed by atoms with E-state index in [1.54, 1.807) is 0 Å². The van der Waals surface area contributed by atoms with Gasteiger partial charge in [0.15, 0.2) is 16.6 Å². The Hall–Kier alpha value is -0.610. The van der Waals surface area contributed by atoms with Crippen molar-refractivity contribution in [3.63, 3.8) is 0 Å². The van der Waals surface area contributed by atoms with Crippen molar-refractivity contribution < 1.29 is 4.79 Å². The van der Waals surface area contributed by atoms with Crippen LogP contribution < -0.4 is 4.90 Å². The Kier molecular flexibility index (Phi) is 3.82. The van der Waals surface area contributed by atoms with Crippen LogP contribution in [0, 0.1) is 5.92 Å². The highest BCUT2D eigenvalue weighted by atomic mass is 35.5. The molecule has 0 saturated heterocycles. The van der Waals surface area contributed by atoms with E-state index in [1.165, 1.54) is 24.2 Å². The molecule has 1 heterocycles. The van der Waals surface area contributed by atoms with Gasteiger partial charge in [0, 0.05) is 13.1 Å². The highest BCUT2D eigenvalue weighted by Crippen LogP contribution is 2.34. The summed E-state index contributed by atoms with van der Waals surface area (Å²) in [5, 5.41) is 1.23. The maximum atomic E-state index is 10.7. The Balaban J connectivity index is 2.12. The summed E-state index contributed by atoms with van der Waals surface area (Å²) in [6, 6.07) is 0. The van der Waals surface area contributed by atoms with Crippen LogP contribution in [0.4, 0.5) is 5.13 Å².